The molecule has 1 unspecified atom stereocenters. The molecule has 0 amide bonds. The molecular formula is C20H23N5O2. The van der Waals surface area contributed by atoms with Gasteiger partial charge in [0.1, 0.15) is 18.8 Å². The summed E-state index contributed by atoms with van der Waals surface area (Å²) in [7, 11) is 0. The average Bonchev–Trinajstić information content (AvgIpc) is 3.31. The summed E-state index contributed by atoms with van der Waals surface area (Å²) in [5, 5.41) is 13.7. The summed E-state index contributed by atoms with van der Waals surface area (Å²) in [6.45, 7) is 1.32. The molecule has 2 N–H and O–H groups in total. The molecule has 27 heavy (non-hydrogen) atoms. The lowest BCUT2D eigenvalue weighted by Crippen LogP contribution is -2.28. The zero-order valence-electron chi connectivity index (χ0n) is 15.0. The van der Waals surface area contributed by atoms with Crippen LogP contribution in [0, 0.1) is 5.92 Å². The van der Waals surface area contributed by atoms with Gasteiger partial charge in [0.25, 0.3) is 0 Å². The molecule has 0 spiro atoms. The summed E-state index contributed by atoms with van der Waals surface area (Å²) < 4.78 is 7.81. The van der Waals surface area contributed by atoms with Gasteiger partial charge in [-0.05, 0) is 24.3 Å². The summed E-state index contributed by atoms with van der Waals surface area (Å²) in [6.07, 6.45) is 8.26. The molecule has 7 heteroatoms. The minimum Gasteiger partial charge on any atom is -0.473 e. The number of rotatable bonds is 7. The molecule has 3 aromatic rings. The number of nitrogens with zero attached hydrogens (tertiary/aromatic N) is 4. The van der Waals surface area contributed by atoms with E-state index in [0.717, 1.165) is 24.9 Å². The van der Waals surface area contributed by atoms with Crippen molar-refractivity contribution >= 4 is 5.82 Å². The van der Waals surface area contributed by atoms with Crippen molar-refractivity contribution in [3.05, 3.63) is 67.0 Å². The molecule has 2 heterocycles. The van der Waals surface area contributed by atoms with Crippen LogP contribution in [0.15, 0.2) is 61.4 Å². The lowest BCUT2D eigenvalue weighted by atomic mass is 10.1. The van der Waals surface area contributed by atoms with E-state index < -0.39 is 6.10 Å². The van der Waals surface area contributed by atoms with Gasteiger partial charge in [0.2, 0.25) is 5.88 Å². The Morgan fingerprint density at radius 3 is 2.89 bits per heavy atom. The molecule has 7 nitrogen and oxygen atoms in total. The van der Waals surface area contributed by atoms with Gasteiger partial charge in [0.05, 0.1) is 18.5 Å². The second-order valence-electron chi connectivity index (χ2n) is 6.93. The third kappa shape index (κ3) is 4.62. The van der Waals surface area contributed by atoms with Gasteiger partial charge in [-0.3, -0.25) is 0 Å². The largest absolute Gasteiger partial charge is 0.473 e. The van der Waals surface area contributed by atoms with Gasteiger partial charge in [0.15, 0.2) is 0 Å². The molecule has 3 atom stereocenters. The summed E-state index contributed by atoms with van der Waals surface area (Å²) >= 11 is 0. The number of aromatic nitrogens is 4. The molecular weight excluding hydrogens is 342 g/mol. The number of aliphatic hydroxyl groups is 1. The van der Waals surface area contributed by atoms with Crippen molar-refractivity contribution in [2.45, 2.75) is 38.1 Å². The maximum atomic E-state index is 10.4. The fourth-order valence-corrected chi connectivity index (χ4v) is 3.53. The monoisotopic (exact) mass is 365 g/mol. The van der Waals surface area contributed by atoms with Gasteiger partial charge < -0.3 is 19.7 Å². The number of imidazole rings is 1. The van der Waals surface area contributed by atoms with E-state index in [2.05, 4.69) is 24.8 Å². The standard InChI is InChI=1S/C20H23N5O2/c26-18-9-16(11-25-7-6-21-14-25)8-17(18)24-19-10-20(23-13-22-19)27-12-15-4-2-1-3-5-15/h1-7,10,13-14,16-18,26H,8-9,11-12H2,(H,22,23,24)/t16?,17-,18-/m1/s1. The molecule has 0 radical (unpaired) electrons. The van der Waals surface area contributed by atoms with E-state index in [4.69, 9.17) is 4.74 Å². The van der Waals surface area contributed by atoms with Gasteiger partial charge >= 0.3 is 0 Å². The first kappa shape index (κ1) is 17.5. The predicted molar refractivity (Wildman–Crippen MR) is 101 cm³/mol. The van der Waals surface area contributed by atoms with E-state index in [1.165, 1.54) is 6.33 Å². The van der Waals surface area contributed by atoms with Crippen LogP contribution in [-0.4, -0.2) is 36.8 Å². The Hall–Kier alpha value is -2.93. The molecule has 4 rings (SSSR count). The van der Waals surface area contributed by atoms with E-state index in [-0.39, 0.29) is 6.04 Å². The lowest BCUT2D eigenvalue weighted by Gasteiger charge is -2.17. The first-order chi connectivity index (χ1) is 13.3. The molecule has 0 bridgehead atoms. The Morgan fingerprint density at radius 2 is 2.07 bits per heavy atom. The van der Waals surface area contributed by atoms with Crippen LogP contribution in [0.2, 0.25) is 0 Å². The van der Waals surface area contributed by atoms with Gasteiger partial charge in [-0.2, -0.15) is 0 Å². The van der Waals surface area contributed by atoms with Crippen LogP contribution < -0.4 is 10.1 Å². The van der Waals surface area contributed by atoms with Crippen LogP contribution in [0.3, 0.4) is 0 Å². The molecule has 1 aliphatic rings. The number of benzene rings is 1. The molecule has 0 aliphatic heterocycles. The lowest BCUT2D eigenvalue weighted by molar-refractivity contribution is 0.166. The Labute approximate surface area is 158 Å². The molecule has 1 aromatic carbocycles. The molecule has 0 saturated heterocycles. The fourth-order valence-electron chi connectivity index (χ4n) is 3.53. The van der Waals surface area contributed by atoms with Crippen LogP contribution >= 0.6 is 0 Å². The number of anilines is 1. The number of nitrogens with one attached hydrogen (secondary N) is 1. The van der Waals surface area contributed by atoms with Crippen molar-refractivity contribution in [3.63, 3.8) is 0 Å². The Kier molecular flexibility index (Phi) is 5.29. The summed E-state index contributed by atoms with van der Waals surface area (Å²) in [6, 6.07) is 11.7. The number of ether oxygens (including phenoxy) is 1. The summed E-state index contributed by atoms with van der Waals surface area (Å²) in [5.74, 6) is 1.58. The van der Waals surface area contributed by atoms with Crippen molar-refractivity contribution in [1.82, 2.24) is 19.5 Å². The van der Waals surface area contributed by atoms with Crippen molar-refractivity contribution in [1.29, 1.82) is 0 Å². The second kappa shape index (κ2) is 8.18. The van der Waals surface area contributed by atoms with Crippen molar-refractivity contribution in [2.24, 2.45) is 5.92 Å². The van der Waals surface area contributed by atoms with E-state index in [9.17, 15) is 5.11 Å². The zero-order valence-corrected chi connectivity index (χ0v) is 15.0. The minimum absolute atomic E-state index is 0.0320. The first-order valence-electron chi connectivity index (χ1n) is 9.15. The summed E-state index contributed by atoms with van der Waals surface area (Å²) in [4.78, 5) is 12.5. The highest BCUT2D eigenvalue weighted by molar-refractivity contribution is 5.39. The Balaban J connectivity index is 1.33. The van der Waals surface area contributed by atoms with Crippen molar-refractivity contribution < 1.29 is 9.84 Å². The van der Waals surface area contributed by atoms with E-state index >= 15 is 0 Å². The van der Waals surface area contributed by atoms with Crippen molar-refractivity contribution in [3.8, 4) is 5.88 Å². The van der Waals surface area contributed by atoms with Crippen LogP contribution in [0.25, 0.3) is 0 Å². The average molecular weight is 365 g/mol. The van der Waals surface area contributed by atoms with Crippen molar-refractivity contribution in [2.75, 3.05) is 5.32 Å². The predicted octanol–water partition coefficient (Wildman–Crippen LogP) is 2.50. The molecule has 1 aliphatic carbocycles. The smallest absolute Gasteiger partial charge is 0.218 e. The van der Waals surface area contributed by atoms with E-state index in [1.54, 1.807) is 12.3 Å². The Bertz CT molecular complexity index is 841. The highest BCUT2D eigenvalue weighted by Crippen LogP contribution is 2.30. The Morgan fingerprint density at radius 1 is 1.19 bits per heavy atom. The third-order valence-electron chi connectivity index (χ3n) is 4.86. The number of aliphatic hydroxyl groups excluding tert-OH is 1. The number of hydrogen-bond acceptors (Lipinski definition) is 6. The van der Waals surface area contributed by atoms with E-state index in [0.29, 0.717) is 24.2 Å². The molecule has 1 fully saturated rings. The highest BCUT2D eigenvalue weighted by Gasteiger charge is 2.33. The minimum atomic E-state index is -0.401. The maximum absolute atomic E-state index is 10.4. The quantitative estimate of drug-likeness (QED) is 0.669. The topological polar surface area (TPSA) is 85.1 Å². The second-order valence-corrected chi connectivity index (χ2v) is 6.93. The number of hydrogen-bond donors (Lipinski definition) is 2. The van der Waals surface area contributed by atoms with Crippen LogP contribution in [-0.2, 0) is 13.2 Å². The first-order valence-corrected chi connectivity index (χ1v) is 9.15. The SMILES string of the molecule is O[C@@H]1CC(Cn2ccnc2)C[C@H]1Nc1cc(OCc2ccccc2)ncn1. The molecule has 2 aromatic heterocycles. The normalized spacial score (nSPS) is 21.9. The van der Waals surface area contributed by atoms with Gasteiger partial charge in [-0.15, -0.1) is 0 Å². The third-order valence-corrected chi connectivity index (χ3v) is 4.86. The molecule has 1 saturated carbocycles. The van der Waals surface area contributed by atoms with Crippen LogP contribution in [0.5, 0.6) is 5.88 Å². The van der Waals surface area contributed by atoms with Crippen LogP contribution in [0.4, 0.5) is 5.82 Å². The van der Waals surface area contributed by atoms with Crippen LogP contribution in [0.1, 0.15) is 18.4 Å². The van der Waals surface area contributed by atoms with Gasteiger partial charge in [0, 0.05) is 25.0 Å². The fraction of sp³-hybridized carbons (Fsp3) is 0.350. The van der Waals surface area contributed by atoms with E-state index in [1.807, 2.05) is 42.9 Å². The van der Waals surface area contributed by atoms with Gasteiger partial charge in [-0.1, -0.05) is 30.3 Å². The maximum Gasteiger partial charge on any atom is 0.218 e. The zero-order chi connectivity index (χ0) is 18.5. The van der Waals surface area contributed by atoms with Gasteiger partial charge in [-0.25, -0.2) is 15.0 Å². The molecule has 140 valence electrons. The summed E-state index contributed by atoms with van der Waals surface area (Å²) in [5.41, 5.74) is 1.08. The highest BCUT2D eigenvalue weighted by atomic mass is 16.5.